The second-order valence-corrected chi connectivity index (χ2v) is 12.3. The summed E-state index contributed by atoms with van der Waals surface area (Å²) in [6.45, 7) is 3.47. The first-order chi connectivity index (χ1) is 20.1. The summed E-state index contributed by atoms with van der Waals surface area (Å²) in [6, 6.07) is 28.9. The van der Waals surface area contributed by atoms with Gasteiger partial charge in [0.2, 0.25) is 11.8 Å². The summed E-state index contributed by atoms with van der Waals surface area (Å²) >= 11 is 0. The van der Waals surface area contributed by atoms with Gasteiger partial charge in [-0.2, -0.15) is 0 Å². The molecule has 0 aromatic heterocycles. The van der Waals surface area contributed by atoms with Crippen molar-refractivity contribution in [1.29, 1.82) is 0 Å². The van der Waals surface area contributed by atoms with E-state index < -0.39 is 12.1 Å². The van der Waals surface area contributed by atoms with Crippen molar-refractivity contribution in [3.05, 3.63) is 96.1 Å². The summed E-state index contributed by atoms with van der Waals surface area (Å²) in [6.07, 6.45) is 6.62. The van der Waals surface area contributed by atoms with E-state index in [0.717, 1.165) is 31.5 Å². The Kier molecular flexibility index (Phi) is 7.22. The van der Waals surface area contributed by atoms with Crippen molar-refractivity contribution in [2.24, 2.45) is 5.92 Å². The van der Waals surface area contributed by atoms with Crippen molar-refractivity contribution in [3.63, 3.8) is 0 Å². The summed E-state index contributed by atoms with van der Waals surface area (Å²) in [4.78, 5) is 34.8. The van der Waals surface area contributed by atoms with Crippen LogP contribution in [0.5, 0.6) is 0 Å². The van der Waals surface area contributed by atoms with Crippen LogP contribution in [0.2, 0.25) is 0 Å². The molecule has 3 aliphatic rings. The third kappa shape index (κ3) is 5.24. The van der Waals surface area contributed by atoms with Gasteiger partial charge < -0.3 is 9.80 Å². The normalized spacial score (nSPS) is 22.4. The smallest absolute Gasteiger partial charge is 0.247 e. The molecule has 1 saturated carbocycles. The molecule has 2 aliphatic heterocycles. The zero-order chi connectivity index (χ0) is 27.8. The Balaban J connectivity index is 1.15. The molecule has 0 spiro atoms. The number of amides is 2. The van der Waals surface area contributed by atoms with Crippen LogP contribution in [0.1, 0.15) is 43.2 Å². The minimum Gasteiger partial charge on any atom is -0.328 e. The van der Waals surface area contributed by atoms with Crippen LogP contribution in [-0.4, -0.2) is 64.8 Å². The number of hydrogen-bond donors (Lipinski definition) is 0. The van der Waals surface area contributed by atoms with Crippen LogP contribution in [0.4, 0.5) is 0 Å². The van der Waals surface area contributed by atoms with E-state index in [1.165, 1.54) is 46.4 Å². The molecular formula is C36H39N3O2. The van der Waals surface area contributed by atoms with Crippen molar-refractivity contribution in [2.45, 2.75) is 57.2 Å². The molecule has 7 rings (SSSR count). The number of hydrogen-bond acceptors (Lipinski definition) is 3. The van der Waals surface area contributed by atoms with Crippen LogP contribution < -0.4 is 0 Å². The zero-order valence-electron chi connectivity index (χ0n) is 23.8. The molecule has 1 aliphatic carbocycles. The molecule has 2 atom stereocenters. The van der Waals surface area contributed by atoms with Gasteiger partial charge in [-0.15, -0.1) is 0 Å². The first kappa shape index (κ1) is 26.2. The third-order valence-electron chi connectivity index (χ3n) is 9.67. The molecule has 0 radical (unpaired) electrons. The fourth-order valence-corrected chi connectivity index (χ4v) is 7.45. The van der Waals surface area contributed by atoms with E-state index in [2.05, 4.69) is 89.8 Å². The zero-order valence-corrected chi connectivity index (χ0v) is 23.8. The summed E-state index contributed by atoms with van der Waals surface area (Å²) in [5, 5.41) is 4.88. The van der Waals surface area contributed by atoms with E-state index in [4.69, 9.17) is 0 Å². The fourth-order valence-electron chi connectivity index (χ4n) is 7.45. The topological polar surface area (TPSA) is 43.9 Å². The Morgan fingerprint density at radius 3 is 2.32 bits per heavy atom. The number of benzene rings is 4. The minimum atomic E-state index is -0.425. The lowest BCUT2D eigenvalue weighted by atomic mass is 9.87. The highest BCUT2D eigenvalue weighted by Crippen LogP contribution is 2.31. The average Bonchev–Trinajstić information content (AvgIpc) is 3.02. The van der Waals surface area contributed by atoms with Crippen molar-refractivity contribution < 1.29 is 9.59 Å². The lowest BCUT2D eigenvalue weighted by molar-refractivity contribution is -0.166. The van der Waals surface area contributed by atoms with Crippen molar-refractivity contribution in [3.8, 4) is 0 Å². The molecule has 3 fully saturated rings. The minimum absolute atomic E-state index is 0.128. The summed E-state index contributed by atoms with van der Waals surface area (Å²) in [5.41, 5.74) is 2.40. The maximum Gasteiger partial charge on any atom is 0.247 e. The van der Waals surface area contributed by atoms with Crippen LogP contribution in [0.25, 0.3) is 21.5 Å². The SMILES string of the molecule is O=C1C(Cc2ccc3ccccc3c2)N(CC2CCCCC2)C(=O)C2CN(Cc3cccc4ccccc34)CCN12. The van der Waals surface area contributed by atoms with Gasteiger partial charge in [0, 0.05) is 39.1 Å². The van der Waals surface area contributed by atoms with Gasteiger partial charge in [0.05, 0.1) is 0 Å². The van der Waals surface area contributed by atoms with E-state index in [9.17, 15) is 9.59 Å². The van der Waals surface area contributed by atoms with Gasteiger partial charge in [0.25, 0.3) is 0 Å². The predicted molar refractivity (Wildman–Crippen MR) is 164 cm³/mol. The molecule has 2 amide bonds. The number of nitrogens with zero attached hydrogens (tertiary/aromatic N) is 3. The monoisotopic (exact) mass is 545 g/mol. The maximum atomic E-state index is 14.3. The number of rotatable bonds is 6. The average molecular weight is 546 g/mol. The molecule has 2 unspecified atom stereocenters. The number of piperazine rings is 2. The first-order valence-electron chi connectivity index (χ1n) is 15.4. The summed E-state index contributed by atoms with van der Waals surface area (Å²) in [7, 11) is 0. The van der Waals surface area contributed by atoms with E-state index >= 15 is 0 Å². The van der Waals surface area contributed by atoms with Gasteiger partial charge in [-0.05, 0) is 51.4 Å². The summed E-state index contributed by atoms with van der Waals surface area (Å²) in [5.74, 6) is 0.758. The Bertz CT molecular complexity index is 1570. The molecule has 4 aromatic rings. The molecule has 210 valence electrons. The molecule has 2 heterocycles. The second-order valence-electron chi connectivity index (χ2n) is 12.3. The molecule has 41 heavy (non-hydrogen) atoms. The largest absolute Gasteiger partial charge is 0.328 e. The van der Waals surface area contributed by atoms with Crippen LogP contribution in [-0.2, 0) is 22.6 Å². The molecular weight excluding hydrogens is 506 g/mol. The van der Waals surface area contributed by atoms with Crippen LogP contribution in [0.15, 0.2) is 84.9 Å². The van der Waals surface area contributed by atoms with Gasteiger partial charge in [-0.1, -0.05) is 104 Å². The van der Waals surface area contributed by atoms with E-state index in [0.29, 0.717) is 32.0 Å². The van der Waals surface area contributed by atoms with Crippen LogP contribution in [0, 0.1) is 5.92 Å². The molecule has 4 aromatic carbocycles. The quantitative estimate of drug-likeness (QED) is 0.297. The number of carbonyl (C=O) groups excluding carboxylic acids is 2. The van der Waals surface area contributed by atoms with E-state index in [-0.39, 0.29) is 11.8 Å². The van der Waals surface area contributed by atoms with E-state index in [1.807, 2.05) is 9.80 Å². The maximum absolute atomic E-state index is 14.3. The Morgan fingerprint density at radius 1 is 0.707 bits per heavy atom. The second kappa shape index (κ2) is 11.3. The predicted octanol–water partition coefficient (Wildman–Crippen LogP) is 6.04. The highest BCUT2D eigenvalue weighted by Gasteiger charge is 2.48. The van der Waals surface area contributed by atoms with Crippen LogP contribution in [0.3, 0.4) is 0 Å². The van der Waals surface area contributed by atoms with Gasteiger partial charge in [0.1, 0.15) is 12.1 Å². The van der Waals surface area contributed by atoms with E-state index in [1.54, 1.807) is 0 Å². The van der Waals surface area contributed by atoms with Gasteiger partial charge >= 0.3 is 0 Å². The molecule has 5 nitrogen and oxygen atoms in total. The third-order valence-corrected chi connectivity index (χ3v) is 9.67. The summed E-state index contributed by atoms with van der Waals surface area (Å²) < 4.78 is 0. The highest BCUT2D eigenvalue weighted by molar-refractivity contribution is 5.97. The lowest BCUT2D eigenvalue weighted by Crippen LogP contribution is -2.70. The van der Waals surface area contributed by atoms with Crippen molar-refractivity contribution in [2.75, 3.05) is 26.2 Å². The number of fused-ring (bicyclic) bond motifs is 3. The molecule has 0 N–H and O–H groups in total. The van der Waals surface area contributed by atoms with Crippen molar-refractivity contribution >= 4 is 33.4 Å². The highest BCUT2D eigenvalue weighted by atomic mass is 16.2. The Morgan fingerprint density at radius 2 is 1.46 bits per heavy atom. The Labute approximate surface area is 242 Å². The van der Waals surface area contributed by atoms with Crippen LogP contribution >= 0.6 is 0 Å². The van der Waals surface area contributed by atoms with Crippen molar-refractivity contribution in [1.82, 2.24) is 14.7 Å². The van der Waals surface area contributed by atoms with Gasteiger partial charge in [-0.3, -0.25) is 14.5 Å². The Hall–Kier alpha value is -3.70. The first-order valence-corrected chi connectivity index (χ1v) is 15.4. The molecule has 0 bridgehead atoms. The van der Waals surface area contributed by atoms with Gasteiger partial charge in [-0.25, -0.2) is 0 Å². The fraction of sp³-hybridized carbons (Fsp3) is 0.389. The standard InChI is InChI=1S/C36H39N3O2/c40-35-33(22-27-17-18-28-11-4-5-13-30(28)21-27)39(23-26-9-2-1-3-10-26)36(41)34-25-37(19-20-38(34)35)24-31-15-8-14-29-12-6-7-16-32(29)31/h4-8,11-18,21,26,33-34H,1-3,9-10,19-20,22-25H2. The lowest BCUT2D eigenvalue weighted by Gasteiger charge is -2.50. The number of carbonyl (C=O) groups is 2. The van der Waals surface area contributed by atoms with Gasteiger partial charge in [0.15, 0.2) is 0 Å². The molecule has 2 saturated heterocycles. The molecule has 5 heteroatoms.